The van der Waals surface area contributed by atoms with Gasteiger partial charge in [-0.15, -0.1) is 0 Å². The second kappa shape index (κ2) is 3.01. The Morgan fingerprint density at radius 3 is 3.09 bits per heavy atom. The number of hydrogen-bond acceptors (Lipinski definition) is 3. The second-order valence-corrected chi connectivity index (χ2v) is 2.07. The third-order valence-corrected chi connectivity index (χ3v) is 1.20. The van der Waals surface area contributed by atoms with Crippen LogP contribution in [0.15, 0.2) is 26.6 Å². The van der Waals surface area contributed by atoms with Crippen LogP contribution >= 0.6 is 0 Å². The van der Waals surface area contributed by atoms with Gasteiger partial charge in [-0.05, 0) is 13.6 Å². The van der Waals surface area contributed by atoms with E-state index in [1.165, 1.54) is 12.3 Å². The summed E-state index contributed by atoms with van der Waals surface area (Å²) in [5.41, 5.74) is 0.509. The molecule has 4 nitrogen and oxygen atoms in total. The Labute approximate surface area is 63.2 Å². The third kappa shape index (κ3) is 1.67. The lowest BCUT2D eigenvalue weighted by atomic mass is 10.2. The molecule has 0 aliphatic heterocycles. The van der Waals surface area contributed by atoms with Gasteiger partial charge in [0.05, 0.1) is 6.07 Å². The average molecular weight is 152 g/mol. The molecule has 1 aromatic rings. The zero-order valence-electron chi connectivity index (χ0n) is 6.13. The predicted molar refractivity (Wildman–Crippen MR) is 42.5 cm³/mol. The minimum Gasteiger partial charge on any atom is -0.379 e. The van der Waals surface area contributed by atoms with Crippen molar-refractivity contribution in [2.75, 3.05) is 0 Å². The summed E-state index contributed by atoms with van der Waals surface area (Å²) >= 11 is 0. The summed E-state index contributed by atoms with van der Waals surface area (Å²) in [6.07, 6.45) is 1.52. The molecule has 0 unspecified atom stereocenters. The molecule has 0 aliphatic carbocycles. The van der Waals surface area contributed by atoms with Gasteiger partial charge in [0.15, 0.2) is 5.76 Å². The van der Waals surface area contributed by atoms with Crippen molar-refractivity contribution in [1.82, 2.24) is 5.16 Å². The van der Waals surface area contributed by atoms with Crippen LogP contribution in [-0.2, 0) is 0 Å². The molecule has 11 heavy (non-hydrogen) atoms. The van der Waals surface area contributed by atoms with Crippen molar-refractivity contribution < 1.29 is 4.52 Å². The largest absolute Gasteiger partial charge is 0.379 e. The Morgan fingerprint density at radius 1 is 1.91 bits per heavy atom. The summed E-state index contributed by atoms with van der Waals surface area (Å²) in [5, 5.41) is 2.17. The first-order valence-electron chi connectivity index (χ1n) is 3.05. The summed E-state index contributed by atoms with van der Waals surface area (Å²) < 4.78 is 4.79. The Balaban J connectivity index is 3.02. The number of nitrogens with one attached hydrogen (secondary N) is 1. The van der Waals surface area contributed by atoms with Gasteiger partial charge in [0.25, 0.3) is 5.56 Å². The van der Waals surface area contributed by atoms with E-state index in [9.17, 15) is 4.79 Å². The van der Waals surface area contributed by atoms with Gasteiger partial charge in [0.1, 0.15) is 0 Å². The Hall–Kier alpha value is -1.58. The van der Waals surface area contributed by atoms with Crippen LogP contribution in [0.25, 0.3) is 5.57 Å². The van der Waals surface area contributed by atoms with Crippen LogP contribution in [0.1, 0.15) is 12.7 Å². The number of hydrogen-bond donors (Lipinski definition) is 1. The fourth-order valence-electron chi connectivity index (χ4n) is 0.678. The normalized spacial score (nSPS) is 11.5. The van der Waals surface area contributed by atoms with Crippen LogP contribution in [0.2, 0.25) is 0 Å². The SMILES string of the molecule is C=N/C=C(\C)c1cc(=O)[nH]o1. The lowest BCUT2D eigenvalue weighted by Crippen LogP contribution is -1.92. The van der Waals surface area contributed by atoms with Crippen molar-refractivity contribution in [3.05, 3.63) is 28.4 Å². The monoisotopic (exact) mass is 152 g/mol. The number of allylic oxidation sites excluding steroid dienone is 1. The van der Waals surface area contributed by atoms with Crippen molar-refractivity contribution in [1.29, 1.82) is 0 Å². The maximum absolute atomic E-state index is 10.6. The summed E-state index contributed by atoms with van der Waals surface area (Å²) in [7, 11) is 0. The van der Waals surface area contributed by atoms with E-state index in [1.54, 1.807) is 6.92 Å². The van der Waals surface area contributed by atoms with E-state index in [0.29, 0.717) is 5.76 Å². The molecule has 0 atom stereocenters. The molecule has 1 N–H and O–H groups in total. The number of nitrogens with zero attached hydrogens (tertiary/aromatic N) is 1. The second-order valence-electron chi connectivity index (χ2n) is 2.07. The lowest BCUT2D eigenvalue weighted by Gasteiger charge is -1.88. The van der Waals surface area contributed by atoms with E-state index in [0.717, 1.165) is 5.57 Å². The van der Waals surface area contributed by atoms with Gasteiger partial charge in [-0.25, -0.2) is 0 Å². The molecule has 0 fully saturated rings. The van der Waals surface area contributed by atoms with Gasteiger partial charge in [-0.1, -0.05) is 0 Å². The van der Waals surface area contributed by atoms with Crippen LogP contribution in [0.3, 0.4) is 0 Å². The minimum absolute atomic E-state index is 0.253. The van der Waals surface area contributed by atoms with Gasteiger partial charge in [0, 0.05) is 11.8 Å². The standard InChI is InChI=1S/C7H8N2O2/c1-5(4-8-2)6-3-7(10)9-11-6/h3-4H,2H2,1H3,(H,9,10)/b5-4+. The third-order valence-electron chi connectivity index (χ3n) is 1.20. The highest BCUT2D eigenvalue weighted by atomic mass is 16.5. The molecule has 1 rings (SSSR count). The minimum atomic E-state index is -0.253. The highest BCUT2D eigenvalue weighted by Gasteiger charge is 1.99. The van der Waals surface area contributed by atoms with E-state index in [-0.39, 0.29) is 5.56 Å². The number of aliphatic imine (C=N–C) groups is 1. The summed E-state index contributed by atoms with van der Waals surface area (Å²) in [6, 6.07) is 1.36. The first-order chi connectivity index (χ1) is 5.24. The van der Waals surface area contributed by atoms with Crippen molar-refractivity contribution in [3.8, 4) is 0 Å². The van der Waals surface area contributed by atoms with E-state index in [2.05, 4.69) is 16.9 Å². The van der Waals surface area contributed by atoms with Crippen molar-refractivity contribution in [2.45, 2.75) is 6.92 Å². The molecule has 0 amide bonds. The van der Waals surface area contributed by atoms with E-state index >= 15 is 0 Å². The van der Waals surface area contributed by atoms with Gasteiger partial charge >= 0.3 is 0 Å². The van der Waals surface area contributed by atoms with Gasteiger partial charge in [-0.2, -0.15) is 5.16 Å². The lowest BCUT2D eigenvalue weighted by molar-refractivity contribution is 0.404. The molecular weight excluding hydrogens is 144 g/mol. The fraction of sp³-hybridized carbons (Fsp3) is 0.143. The number of rotatable bonds is 2. The number of aromatic amines is 1. The Bertz CT molecular complexity index is 332. The summed E-state index contributed by atoms with van der Waals surface area (Å²) in [5.74, 6) is 0.488. The maximum Gasteiger partial charge on any atom is 0.280 e. The first kappa shape index (κ1) is 7.53. The van der Waals surface area contributed by atoms with Crippen molar-refractivity contribution in [2.24, 2.45) is 4.99 Å². The fourth-order valence-corrected chi connectivity index (χ4v) is 0.678. The molecule has 0 aliphatic rings. The van der Waals surface area contributed by atoms with Crippen LogP contribution in [-0.4, -0.2) is 11.9 Å². The molecule has 1 heterocycles. The molecule has 4 heteroatoms. The molecule has 1 aromatic heterocycles. The van der Waals surface area contributed by atoms with E-state index in [4.69, 9.17) is 4.52 Å². The molecule has 58 valence electrons. The topological polar surface area (TPSA) is 58.4 Å². The van der Waals surface area contributed by atoms with Crippen LogP contribution in [0, 0.1) is 0 Å². The van der Waals surface area contributed by atoms with Crippen molar-refractivity contribution >= 4 is 12.3 Å². The summed E-state index contributed by atoms with van der Waals surface area (Å²) in [6.45, 7) is 5.06. The zero-order valence-corrected chi connectivity index (χ0v) is 6.13. The molecule has 0 radical (unpaired) electrons. The average Bonchev–Trinajstić information content (AvgIpc) is 2.36. The summed E-state index contributed by atoms with van der Waals surface area (Å²) in [4.78, 5) is 14.1. The van der Waals surface area contributed by atoms with Crippen LogP contribution < -0.4 is 5.56 Å². The van der Waals surface area contributed by atoms with E-state index < -0.39 is 0 Å². The van der Waals surface area contributed by atoms with Gasteiger partial charge < -0.3 is 4.52 Å². The smallest absolute Gasteiger partial charge is 0.280 e. The first-order valence-corrected chi connectivity index (χ1v) is 3.05. The van der Waals surface area contributed by atoms with Crippen LogP contribution in [0.5, 0.6) is 0 Å². The molecular formula is C7H8N2O2. The van der Waals surface area contributed by atoms with Gasteiger partial charge in [0.2, 0.25) is 0 Å². The zero-order chi connectivity index (χ0) is 8.27. The molecule has 0 aromatic carbocycles. The number of H-pyrrole nitrogens is 1. The van der Waals surface area contributed by atoms with Crippen molar-refractivity contribution in [3.63, 3.8) is 0 Å². The van der Waals surface area contributed by atoms with Crippen LogP contribution in [0.4, 0.5) is 0 Å². The quantitative estimate of drug-likeness (QED) is 0.643. The molecule has 0 spiro atoms. The maximum atomic E-state index is 10.6. The molecule has 0 saturated heterocycles. The Kier molecular flexibility index (Phi) is 2.06. The predicted octanol–water partition coefficient (Wildman–Crippen LogP) is 1.03. The number of aromatic nitrogens is 1. The Morgan fingerprint density at radius 2 is 2.64 bits per heavy atom. The van der Waals surface area contributed by atoms with E-state index in [1.807, 2.05) is 0 Å². The highest BCUT2D eigenvalue weighted by molar-refractivity contribution is 5.58. The highest BCUT2D eigenvalue weighted by Crippen LogP contribution is 2.09. The molecule has 0 saturated carbocycles. The molecule has 0 bridgehead atoms. The van der Waals surface area contributed by atoms with Gasteiger partial charge in [-0.3, -0.25) is 9.79 Å².